The number of sulfonamides is 1. The summed E-state index contributed by atoms with van der Waals surface area (Å²) in [6.45, 7) is -1.45. The molecule has 0 aliphatic heterocycles. The van der Waals surface area contributed by atoms with Crippen molar-refractivity contribution in [2.45, 2.75) is 67.8 Å². The number of thiophene rings is 1. The number of carboxylic acid groups (broad SMARTS) is 1. The number of likely N-dealkylation sites (N-methyl/N-ethyl adjacent to an activating group) is 1. The summed E-state index contributed by atoms with van der Waals surface area (Å²) in [5.41, 5.74) is 3.97. The zero-order chi connectivity index (χ0) is 39.9. The van der Waals surface area contributed by atoms with Gasteiger partial charge in [-0.15, -0.1) is 11.3 Å². The highest BCUT2D eigenvalue weighted by molar-refractivity contribution is 7.89. The second kappa shape index (κ2) is 18.2. The van der Waals surface area contributed by atoms with E-state index in [-0.39, 0.29) is 16.0 Å². The Balaban J connectivity index is 1.27. The summed E-state index contributed by atoms with van der Waals surface area (Å²) in [6.07, 6.45) is -2.99. The molecule has 7 N–H and O–H groups in total. The van der Waals surface area contributed by atoms with Gasteiger partial charge < -0.3 is 36.2 Å². The number of aliphatic hydroxyl groups is 4. The van der Waals surface area contributed by atoms with Crippen molar-refractivity contribution < 1.29 is 48.3 Å². The number of hydrogen-bond donors (Lipinski definition) is 7. The first-order chi connectivity index (χ1) is 26.2. The molecule has 1 aliphatic rings. The van der Waals surface area contributed by atoms with Crippen molar-refractivity contribution in [1.29, 1.82) is 0 Å². The van der Waals surface area contributed by atoms with Gasteiger partial charge in [-0.05, 0) is 97.7 Å². The van der Waals surface area contributed by atoms with E-state index in [0.717, 1.165) is 53.9 Å². The zero-order valence-corrected chi connectivity index (χ0v) is 31.4. The number of anilines is 2. The van der Waals surface area contributed by atoms with Gasteiger partial charge in [0, 0.05) is 29.7 Å². The van der Waals surface area contributed by atoms with Gasteiger partial charge in [0.15, 0.2) is 0 Å². The number of carbonyl (C=O) groups excluding carboxylic acids is 2. The average Bonchev–Trinajstić information content (AvgIpc) is 3.55. The Bertz CT molecular complexity index is 2120. The Kier molecular flexibility index (Phi) is 13.6. The number of aliphatic hydroxyl groups excluding tert-OH is 4. The van der Waals surface area contributed by atoms with Crippen LogP contribution in [0.15, 0.2) is 82.9 Å². The summed E-state index contributed by atoms with van der Waals surface area (Å²) in [5.74, 6) is -2.04. The van der Waals surface area contributed by atoms with Gasteiger partial charge >= 0.3 is 5.97 Å². The standard InChI is InChI=1S/C38H42N4O11S2/c1-42(21-30(44)34(46)33(45)29(43)20-39-51)55(52,53)27-6-4-5-25(19-27)35(47)41-37-32(28-7-2-3-8-31(28)54-37)36(48)40-26-17-13-23(14-18-26)10-9-22-11-15-24(16-12-22)38(49)50/h4-6,11-19,29-30,33-34,43-46H,2-3,7-10,20-21H2,1H3,(H,40,48)(H,41,47)(H,49,50)/t29-,30+,33-,34-/m1/s1. The van der Waals surface area contributed by atoms with Crippen LogP contribution in [-0.2, 0) is 35.7 Å². The number of carboxylic acids is 1. The fourth-order valence-corrected chi connectivity index (χ4v) is 8.72. The van der Waals surface area contributed by atoms with Crippen LogP contribution in [0.25, 0.3) is 0 Å². The highest BCUT2D eigenvalue weighted by atomic mass is 32.2. The Morgan fingerprint density at radius 1 is 0.818 bits per heavy atom. The van der Waals surface area contributed by atoms with Crippen LogP contribution in [0, 0.1) is 4.91 Å². The molecule has 292 valence electrons. The number of nitroso groups, excluding NO2 is 1. The molecule has 4 aromatic rings. The van der Waals surface area contributed by atoms with E-state index < -0.39 is 65.3 Å². The lowest BCUT2D eigenvalue weighted by Gasteiger charge is -2.28. The van der Waals surface area contributed by atoms with Gasteiger partial charge in [0.05, 0.1) is 22.1 Å². The molecule has 0 saturated carbocycles. The number of hydrogen-bond acceptors (Lipinski definition) is 12. The summed E-state index contributed by atoms with van der Waals surface area (Å²) in [6, 6.07) is 19.2. The molecule has 55 heavy (non-hydrogen) atoms. The molecule has 0 fully saturated rings. The van der Waals surface area contributed by atoms with E-state index in [9.17, 15) is 48.1 Å². The lowest BCUT2D eigenvalue weighted by Crippen LogP contribution is -2.49. The number of carbonyl (C=O) groups is 3. The molecular weight excluding hydrogens is 753 g/mol. The fourth-order valence-electron chi connectivity index (χ4n) is 6.21. The van der Waals surface area contributed by atoms with Crippen LogP contribution in [0.3, 0.4) is 0 Å². The minimum absolute atomic E-state index is 0.0267. The SMILES string of the molecule is CN(C[C@H](O)[C@@H](O)[C@H](O)[C@H](O)CN=O)S(=O)(=O)c1cccc(C(=O)Nc2sc3c(c2C(=O)Nc2ccc(CCc4ccc(C(=O)O)cc4)cc2)CCCC3)c1. The average molecular weight is 795 g/mol. The molecule has 4 atom stereocenters. The molecule has 1 aliphatic carbocycles. The fraction of sp³-hybridized carbons (Fsp3) is 0.342. The first-order valence-electron chi connectivity index (χ1n) is 17.5. The molecule has 0 bridgehead atoms. The number of nitrogens with zero attached hydrogens (tertiary/aromatic N) is 2. The van der Waals surface area contributed by atoms with E-state index in [1.54, 1.807) is 36.4 Å². The highest BCUT2D eigenvalue weighted by Crippen LogP contribution is 2.39. The number of nitrogens with one attached hydrogen (secondary N) is 2. The van der Waals surface area contributed by atoms with E-state index >= 15 is 0 Å². The van der Waals surface area contributed by atoms with Gasteiger partial charge in [-0.1, -0.05) is 35.5 Å². The van der Waals surface area contributed by atoms with E-state index in [4.69, 9.17) is 5.11 Å². The Morgan fingerprint density at radius 2 is 1.44 bits per heavy atom. The Morgan fingerprint density at radius 3 is 2.07 bits per heavy atom. The van der Waals surface area contributed by atoms with Crippen LogP contribution in [0.1, 0.15) is 65.5 Å². The number of rotatable bonds is 17. The highest BCUT2D eigenvalue weighted by Gasteiger charge is 2.34. The second-order valence-corrected chi connectivity index (χ2v) is 16.4. The van der Waals surface area contributed by atoms with Crippen molar-refractivity contribution in [1.82, 2.24) is 4.31 Å². The van der Waals surface area contributed by atoms with Crippen molar-refractivity contribution in [3.63, 3.8) is 0 Å². The summed E-state index contributed by atoms with van der Waals surface area (Å²) in [5, 5.41) is 57.9. The molecule has 17 heteroatoms. The number of aromatic carboxylic acids is 1. The van der Waals surface area contributed by atoms with E-state index in [1.165, 1.54) is 29.5 Å². The summed E-state index contributed by atoms with van der Waals surface area (Å²) in [7, 11) is -3.23. The normalized spacial score (nSPS) is 15.0. The monoisotopic (exact) mass is 794 g/mol. The van der Waals surface area contributed by atoms with Gasteiger partial charge in [-0.3, -0.25) is 9.59 Å². The lowest BCUT2D eigenvalue weighted by atomic mass is 9.95. The van der Waals surface area contributed by atoms with Gasteiger partial charge in [0.1, 0.15) is 29.9 Å². The van der Waals surface area contributed by atoms with Gasteiger partial charge in [-0.25, -0.2) is 13.2 Å². The molecule has 2 amide bonds. The maximum Gasteiger partial charge on any atom is 0.335 e. The van der Waals surface area contributed by atoms with Gasteiger partial charge in [0.2, 0.25) is 10.0 Å². The summed E-state index contributed by atoms with van der Waals surface area (Å²) < 4.78 is 27.5. The third-order valence-corrected chi connectivity index (χ3v) is 12.4. The van der Waals surface area contributed by atoms with E-state index in [0.29, 0.717) is 39.8 Å². The molecule has 3 aromatic carbocycles. The Hall–Kier alpha value is -4.88. The zero-order valence-electron chi connectivity index (χ0n) is 29.8. The van der Waals surface area contributed by atoms with Crippen LogP contribution in [0.2, 0.25) is 0 Å². The quantitative estimate of drug-likeness (QED) is 0.0764. The smallest absolute Gasteiger partial charge is 0.335 e. The minimum Gasteiger partial charge on any atom is -0.478 e. The number of benzene rings is 3. The number of amides is 2. The number of fused-ring (bicyclic) bond motifs is 1. The molecule has 0 unspecified atom stereocenters. The largest absolute Gasteiger partial charge is 0.478 e. The van der Waals surface area contributed by atoms with Crippen molar-refractivity contribution in [3.8, 4) is 0 Å². The van der Waals surface area contributed by atoms with Crippen molar-refractivity contribution in [2.24, 2.45) is 5.18 Å². The number of aryl methyl sites for hydroxylation is 3. The molecule has 0 spiro atoms. The van der Waals surface area contributed by atoms with Gasteiger partial charge in [0.25, 0.3) is 11.8 Å². The van der Waals surface area contributed by atoms with Crippen molar-refractivity contribution in [2.75, 3.05) is 30.8 Å². The first kappa shape index (κ1) is 41.3. The topological polar surface area (TPSA) is 243 Å². The van der Waals surface area contributed by atoms with Crippen LogP contribution < -0.4 is 10.6 Å². The minimum atomic E-state index is -4.35. The predicted octanol–water partition coefficient (Wildman–Crippen LogP) is 3.45. The van der Waals surface area contributed by atoms with Crippen molar-refractivity contribution >= 4 is 49.8 Å². The molecule has 1 heterocycles. The summed E-state index contributed by atoms with van der Waals surface area (Å²) >= 11 is 1.30. The van der Waals surface area contributed by atoms with Gasteiger partial charge in [-0.2, -0.15) is 9.21 Å². The second-order valence-electron chi connectivity index (χ2n) is 13.3. The molecule has 15 nitrogen and oxygen atoms in total. The summed E-state index contributed by atoms with van der Waals surface area (Å²) in [4.78, 5) is 49.6. The molecular formula is C38H42N4O11S2. The van der Waals surface area contributed by atoms with Crippen LogP contribution in [0.5, 0.6) is 0 Å². The molecule has 1 aromatic heterocycles. The predicted molar refractivity (Wildman–Crippen MR) is 205 cm³/mol. The lowest BCUT2D eigenvalue weighted by molar-refractivity contribution is -0.103. The third kappa shape index (κ3) is 10.1. The van der Waals surface area contributed by atoms with Crippen LogP contribution in [-0.4, -0.2) is 101 Å². The first-order valence-corrected chi connectivity index (χ1v) is 19.7. The maximum atomic E-state index is 13.8. The Labute approximate surface area is 321 Å². The molecule has 5 rings (SSSR count). The molecule has 0 saturated heterocycles. The van der Waals surface area contributed by atoms with Crippen LogP contribution >= 0.6 is 11.3 Å². The van der Waals surface area contributed by atoms with E-state index in [2.05, 4.69) is 15.8 Å². The molecule has 0 radical (unpaired) electrons. The third-order valence-electron chi connectivity index (χ3n) is 9.39. The van der Waals surface area contributed by atoms with Crippen molar-refractivity contribution in [3.05, 3.63) is 116 Å². The van der Waals surface area contributed by atoms with Crippen LogP contribution in [0.4, 0.5) is 10.7 Å². The maximum absolute atomic E-state index is 13.8. The van der Waals surface area contributed by atoms with E-state index in [1.807, 2.05) is 12.1 Å².